The molecule has 2 aromatic carbocycles. The third-order valence-corrected chi connectivity index (χ3v) is 3.77. The minimum atomic E-state index is -0.166. The first-order valence-electron chi connectivity index (χ1n) is 5.34. The van der Waals surface area contributed by atoms with Crippen molar-refractivity contribution in [3.05, 3.63) is 58.7 Å². The second kappa shape index (κ2) is 4.00. The molecule has 3 rings (SSSR count). The monoisotopic (exact) mass is 272 g/mol. The van der Waals surface area contributed by atoms with Gasteiger partial charge in [-0.2, -0.15) is 0 Å². The molecule has 1 aliphatic carbocycles. The number of benzene rings is 2. The summed E-state index contributed by atoms with van der Waals surface area (Å²) in [6.45, 7) is 0. The summed E-state index contributed by atoms with van der Waals surface area (Å²) < 4.78 is 0. The molecule has 0 saturated carbocycles. The Kier molecular flexibility index (Phi) is 2.57. The van der Waals surface area contributed by atoms with Crippen LogP contribution < -0.4 is 0 Å². The zero-order chi connectivity index (χ0) is 12.9. The lowest BCUT2D eigenvalue weighted by atomic mass is 9.84. The highest BCUT2D eigenvalue weighted by Gasteiger charge is 2.31. The third-order valence-electron chi connectivity index (χ3n) is 3.03. The zero-order valence-corrected chi connectivity index (χ0v) is 11.0. The average molecular weight is 272 g/mol. The molecule has 2 nitrogen and oxygen atoms in total. The number of ketones is 2. The Bertz CT molecular complexity index is 643. The van der Waals surface area contributed by atoms with Gasteiger partial charge in [0.15, 0.2) is 11.6 Å². The molecule has 0 unspecified atom stereocenters. The van der Waals surface area contributed by atoms with Gasteiger partial charge in [0.2, 0.25) is 0 Å². The first-order chi connectivity index (χ1) is 8.61. The van der Waals surface area contributed by atoms with E-state index in [1.54, 1.807) is 36.4 Å². The predicted octanol–water partition coefficient (Wildman–Crippen LogP) is 3.04. The number of hydrogen-bond donors (Lipinski definition) is 2. The molecular weight excluding hydrogens is 264 g/mol. The number of thiol groups is 2. The number of rotatable bonds is 0. The van der Waals surface area contributed by atoms with Crippen LogP contribution in [0.2, 0.25) is 0 Å². The highest BCUT2D eigenvalue weighted by atomic mass is 32.1. The van der Waals surface area contributed by atoms with Crippen LogP contribution in [0.15, 0.2) is 46.2 Å². The Labute approximate surface area is 115 Å². The molecule has 0 atom stereocenters. The Balaban J connectivity index is 2.40. The molecular formula is C14H8O2S2. The number of fused-ring (bicyclic) bond motifs is 2. The van der Waals surface area contributed by atoms with E-state index in [9.17, 15) is 9.59 Å². The van der Waals surface area contributed by atoms with Crippen molar-refractivity contribution in [1.82, 2.24) is 0 Å². The normalized spacial score (nSPS) is 13.2. The van der Waals surface area contributed by atoms with Crippen LogP contribution in [-0.4, -0.2) is 11.6 Å². The van der Waals surface area contributed by atoms with Gasteiger partial charge in [0.25, 0.3) is 0 Å². The molecule has 0 N–H and O–H groups in total. The topological polar surface area (TPSA) is 34.1 Å². The molecule has 0 fully saturated rings. The maximum Gasteiger partial charge on any atom is 0.195 e. The van der Waals surface area contributed by atoms with E-state index in [0.717, 1.165) is 0 Å². The van der Waals surface area contributed by atoms with Gasteiger partial charge < -0.3 is 0 Å². The van der Waals surface area contributed by atoms with E-state index >= 15 is 0 Å². The Morgan fingerprint density at radius 2 is 1.06 bits per heavy atom. The van der Waals surface area contributed by atoms with Gasteiger partial charge in [0.05, 0.1) is 0 Å². The molecule has 0 radical (unpaired) electrons. The van der Waals surface area contributed by atoms with Crippen molar-refractivity contribution in [3.63, 3.8) is 0 Å². The number of carbonyl (C=O) groups is 2. The Morgan fingerprint density at radius 3 is 1.44 bits per heavy atom. The molecule has 88 valence electrons. The van der Waals surface area contributed by atoms with Crippen LogP contribution in [0.5, 0.6) is 0 Å². The minimum Gasteiger partial charge on any atom is -0.289 e. The maximum atomic E-state index is 12.4. The Hall–Kier alpha value is -1.52. The van der Waals surface area contributed by atoms with Gasteiger partial charge in [0.1, 0.15) is 0 Å². The fraction of sp³-hybridized carbons (Fsp3) is 0. The van der Waals surface area contributed by atoms with E-state index < -0.39 is 0 Å². The van der Waals surface area contributed by atoms with Gasteiger partial charge in [0, 0.05) is 32.0 Å². The summed E-state index contributed by atoms with van der Waals surface area (Å²) in [5, 5.41) is 0. The third kappa shape index (κ3) is 1.46. The largest absolute Gasteiger partial charge is 0.289 e. The molecule has 4 heteroatoms. The summed E-state index contributed by atoms with van der Waals surface area (Å²) in [5.41, 5.74) is 1.58. The summed E-state index contributed by atoms with van der Waals surface area (Å²) in [6, 6.07) is 10.2. The molecule has 0 spiro atoms. The van der Waals surface area contributed by atoms with Crippen LogP contribution in [0.3, 0.4) is 0 Å². The standard InChI is InChI=1S/C14H8O2S2/c15-13-7-3-1-5-9(17)11(7)14(16)8-4-2-6-10(18)12(8)13/h1-6,17-18H. The molecule has 0 aromatic heterocycles. The average Bonchev–Trinajstić information content (AvgIpc) is 2.35. The fourth-order valence-electron chi connectivity index (χ4n) is 2.21. The number of hydrogen-bond acceptors (Lipinski definition) is 4. The molecule has 0 amide bonds. The van der Waals surface area contributed by atoms with Crippen LogP contribution in [0.1, 0.15) is 31.8 Å². The van der Waals surface area contributed by atoms with Crippen molar-refractivity contribution in [1.29, 1.82) is 0 Å². The summed E-state index contributed by atoms with van der Waals surface area (Å²) in [4.78, 5) is 25.8. The SMILES string of the molecule is O=C1c2cccc(S)c2C(=O)c2cccc(S)c21. The summed E-state index contributed by atoms with van der Waals surface area (Å²) in [5.74, 6) is -0.331. The summed E-state index contributed by atoms with van der Waals surface area (Å²) in [7, 11) is 0. The molecule has 0 saturated heterocycles. The fourth-order valence-corrected chi connectivity index (χ4v) is 2.82. The van der Waals surface area contributed by atoms with E-state index in [-0.39, 0.29) is 11.6 Å². The molecule has 0 aliphatic heterocycles. The maximum absolute atomic E-state index is 12.4. The second-order valence-electron chi connectivity index (χ2n) is 4.06. The molecule has 0 heterocycles. The van der Waals surface area contributed by atoms with Crippen LogP contribution in [0, 0.1) is 0 Å². The highest BCUT2D eigenvalue weighted by Crippen LogP contribution is 2.33. The van der Waals surface area contributed by atoms with Crippen molar-refractivity contribution >= 4 is 36.8 Å². The second-order valence-corrected chi connectivity index (χ2v) is 5.02. The van der Waals surface area contributed by atoms with E-state index in [1.165, 1.54) is 0 Å². The van der Waals surface area contributed by atoms with Gasteiger partial charge in [-0.1, -0.05) is 24.3 Å². The lowest BCUT2D eigenvalue weighted by Gasteiger charge is -2.19. The van der Waals surface area contributed by atoms with Gasteiger partial charge in [-0.25, -0.2) is 0 Å². The zero-order valence-electron chi connectivity index (χ0n) is 9.18. The van der Waals surface area contributed by atoms with Crippen LogP contribution in [0.25, 0.3) is 0 Å². The molecule has 0 bridgehead atoms. The van der Waals surface area contributed by atoms with Crippen LogP contribution in [0.4, 0.5) is 0 Å². The van der Waals surface area contributed by atoms with Crippen molar-refractivity contribution in [2.75, 3.05) is 0 Å². The van der Waals surface area contributed by atoms with E-state index in [2.05, 4.69) is 25.3 Å². The van der Waals surface area contributed by atoms with Crippen LogP contribution in [-0.2, 0) is 0 Å². The highest BCUT2D eigenvalue weighted by molar-refractivity contribution is 7.80. The van der Waals surface area contributed by atoms with Crippen LogP contribution >= 0.6 is 25.3 Å². The van der Waals surface area contributed by atoms with E-state index in [0.29, 0.717) is 32.0 Å². The quantitative estimate of drug-likeness (QED) is 0.617. The molecule has 18 heavy (non-hydrogen) atoms. The van der Waals surface area contributed by atoms with Crippen molar-refractivity contribution in [3.8, 4) is 0 Å². The van der Waals surface area contributed by atoms with Crippen molar-refractivity contribution in [2.24, 2.45) is 0 Å². The number of carbonyl (C=O) groups excluding carboxylic acids is 2. The lowest BCUT2D eigenvalue weighted by molar-refractivity contribution is 0.0974. The smallest absolute Gasteiger partial charge is 0.195 e. The van der Waals surface area contributed by atoms with Crippen molar-refractivity contribution in [2.45, 2.75) is 9.79 Å². The lowest BCUT2D eigenvalue weighted by Crippen LogP contribution is -2.22. The van der Waals surface area contributed by atoms with Gasteiger partial charge >= 0.3 is 0 Å². The first-order valence-corrected chi connectivity index (χ1v) is 6.24. The Morgan fingerprint density at radius 1 is 0.667 bits per heavy atom. The van der Waals surface area contributed by atoms with Gasteiger partial charge in [-0.15, -0.1) is 25.3 Å². The summed E-state index contributed by atoms with van der Waals surface area (Å²) in [6.07, 6.45) is 0. The predicted molar refractivity (Wildman–Crippen MR) is 74.3 cm³/mol. The van der Waals surface area contributed by atoms with Gasteiger partial charge in [-0.3, -0.25) is 9.59 Å². The molecule has 2 aromatic rings. The van der Waals surface area contributed by atoms with Crippen molar-refractivity contribution < 1.29 is 9.59 Å². The first kappa shape index (κ1) is 11.6. The minimum absolute atomic E-state index is 0.166. The molecule has 1 aliphatic rings. The summed E-state index contributed by atoms with van der Waals surface area (Å²) >= 11 is 8.52. The van der Waals surface area contributed by atoms with E-state index in [4.69, 9.17) is 0 Å². The van der Waals surface area contributed by atoms with Gasteiger partial charge in [-0.05, 0) is 12.1 Å². The van der Waals surface area contributed by atoms with E-state index in [1.807, 2.05) is 0 Å².